The number of carbonyl (C=O) groups excluding carboxylic acids is 4. The maximum absolute atomic E-state index is 13.8. The Kier molecular flexibility index (Phi) is 15.2. The molecule has 4 aromatic rings. The fraction of sp³-hybridized carbons (Fsp3) is 0.452. The largest absolute Gasteiger partial charge is 0.444 e. The van der Waals surface area contributed by atoms with Gasteiger partial charge in [0.15, 0.2) is 0 Å². The van der Waals surface area contributed by atoms with Gasteiger partial charge in [-0.15, -0.1) is 10.2 Å². The number of hydrogen-bond donors (Lipinski definition) is 5. The fourth-order valence-electron chi connectivity index (χ4n) is 6.80. The average Bonchev–Trinajstić information content (AvgIpc) is 3.74. The number of tetrazole rings is 1. The Morgan fingerprint density at radius 3 is 2.21 bits per heavy atom. The number of anilines is 1. The summed E-state index contributed by atoms with van der Waals surface area (Å²) < 4.78 is 5.35. The van der Waals surface area contributed by atoms with Gasteiger partial charge in [-0.3, -0.25) is 14.4 Å². The second-order valence-electron chi connectivity index (χ2n) is 15.3. The molecule has 304 valence electrons. The number of likely N-dealkylation sites (N-methyl/N-ethyl adjacent to an activating group) is 1. The third kappa shape index (κ3) is 12.8. The van der Waals surface area contributed by atoms with E-state index in [0.29, 0.717) is 48.0 Å². The van der Waals surface area contributed by atoms with Crippen molar-refractivity contribution in [2.75, 3.05) is 38.0 Å². The lowest BCUT2D eigenvalue weighted by atomic mass is 9.81. The van der Waals surface area contributed by atoms with E-state index in [9.17, 15) is 19.2 Å². The molecule has 1 atom stereocenters. The quantitative estimate of drug-likeness (QED) is 0.0874. The Morgan fingerprint density at radius 2 is 1.60 bits per heavy atom. The topological polar surface area (TPSA) is 183 Å². The maximum Gasteiger partial charge on any atom is 0.407 e. The molecule has 3 aromatic carbocycles. The Balaban J connectivity index is 1.23. The summed E-state index contributed by atoms with van der Waals surface area (Å²) in [7, 11) is 0. The van der Waals surface area contributed by atoms with Gasteiger partial charge in [0.2, 0.25) is 17.6 Å². The number of nitrogens with one attached hydrogen (secondary N) is 5. The molecule has 0 saturated heterocycles. The number of H-pyrrole nitrogens is 1. The molecule has 0 spiro atoms. The molecule has 5 rings (SSSR count). The molecular weight excluding hydrogens is 746 g/mol. The first-order valence-electron chi connectivity index (χ1n) is 19.6. The van der Waals surface area contributed by atoms with Crippen LogP contribution in [0.15, 0.2) is 66.7 Å². The molecule has 0 unspecified atom stereocenters. The number of aromatic amines is 1. The SMILES string of the molecule is CCN(CC)CCNC(=O)c1ccc(-c2ccc(C[C@H](NC(=O)C3CCC(CNC(=O)OC(C)(C)C)CC3)C(=O)Nc3ccc(-c4nn[nH]n4)cc3)cc2)c(Cl)c1. The van der Waals surface area contributed by atoms with Crippen molar-refractivity contribution in [3.63, 3.8) is 0 Å². The van der Waals surface area contributed by atoms with E-state index in [1.54, 1.807) is 36.4 Å². The van der Waals surface area contributed by atoms with Crippen molar-refractivity contribution in [3.05, 3.63) is 82.9 Å². The predicted octanol–water partition coefficient (Wildman–Crippen LogP) is 6.26. The Labute approximate surface area is 339 Å². The summed E-state index contributed by atoms with van der Waals surface area (Å²) in [4.78, 5) is 54.7. The monoisotopic (exact) mass is 799 g/mol. The summed E-state index contributed by atoms with van der Waals surface area (Å²) in [5, 5.41) is 26.3. The highest BCUT2D eigenvalue weighted by molar-refractivity contribution is 6.33. The molecule has 0 aliphatic heterocycles. The average molecular weight is 800 g/mol. The highest BCUT2D eigenvalue weighted by Gasteiger charge is 2.30. The number of amides is 4. The van der Waals surface area contributed by atoms with Crippen LogP contribution in [0.3, 0.4) is 0 Å². The van der Waals surface area contributed by atoms with Crippen molar-refractivity contribution in [1.82, 2.24) is 41.5 Å². The van der Waals surface area contributed by atoms with Crippen LogP contribution in [-0.2, 0) is 20.7 Å². The molecule has 1 fully saturated rings. The van der Waals surface area contributed by atoms with Crippen LogP contribution in [0.4, 0.5) is 10.5 Å². The number of hydrogen-bond acceptors (Lipinski definition) is 9. The number of aromatic nitrogens is 4. The molecule has 0 bridgehead atoms. The van der Waals surface area contributed by atoms with Crippen molar-refractivity contribution in [2.45, 2.75) is 78.4 Å². The lowest BCUT2D eigenvalue weighted by Crippen LogP contribution is -2.48. The number of alkyl carbamates (subject to hydrolysis) is 1. The van der Waals surface area contributed by atoms with E-state index in [1.165, 1.54) is 0 Å². The van der Waals surface area contributed by atoms with Crippen LogP contribution in [-0.4, -0.2) is 93.7 Å². The summed E-state index contributed by atoms with van der Waals surface area (Å²) in [6.45, 7) is 13.3. The molecule has 57 heavy (non-hydrogen) atoms. The minimum absolute atomic E-state index is 0.177. The van der Waals surface area contributed by atoms with E-state index in [4.69, 9.17) is 16.3 Å². The van der Waals surface area contributed by atoms with Crippen molar-refractivity contribution in [3.8, 4) is 22.5 Å². The van der Waals surface area contributed by atoms with Crippen molar-refractivity contribution >= 4 is 41.1 Å². The third-order valence-corrected chi connectivity index (χ3v) is 10.4. The first-order chi connectivity index (χ1) is 27.3. The number of benzene rings is 3. The van der Waals surface area contributed by atoms with Gasteiger partial charge in [0.25, 0.3) is 5.91 Å². The zero-order valence-corrected chi connectivity index (χ0v) is 34.1. The van der Waals surface area contributed by atoms with Crippen LogP contribution in [0.25, 0.3) is 22.5 Å². The summed E-state index contributed by atoms with van der Waals surface area (Å²) in [5.41, 5.74) is 3.65. The number of rotatable bonds is 16. The van der Waals surface area contributed by atoms with Gasteiger partial charge in [0.05, 0.1) is 0 Å². The smallest absolute Gasteiger partial charge is 0.407 e. The second-order valence-corrected chi connectivity index (χ2v) is 15.7. The van der Waals surface area contributed by atoms with E-state index in [0.717, 1.165) is 54.7 Å². The summed E-state index contributed by atoms with van der Waals surface area (Å²) >= 11 is 6.69. The van der Waals surface area contributed by atoms with Crippen molar-refractivity contribution < 1.29 is 23.9 Å². The van der Waals surface area contributed by atoms with Crippen LogP contribution in [0.5, 0.6) is 0 Å². The van der Waals surface area contributed by atoms with E-state index in [-0.39, 0.29) is 36.0 Å². The molecule has 4 amide bonds. The molecule has 5 N–H and O–H groups in total. The molecule has 14 nitrogen and oxygen atoms in total. The highest BCUT2D eigenvalue weighted by atomic mass is 35.5. The first-order valence-corrected chi connectivity index (χ1v) is 20.0. The van der Waals surface area contributed by atoms with Crippen LogP contribution >= 0.6 is 11.6 Å². The van der Waals surface area contributed by atoms with Crippen molar-refractivity contribution in [1.29, 1.82) is 0 Å². The lowest BCUT2D eigenvalue weighted by Gasteiger charge is -2.29. The number of nitrogens with zero attached hydrogens (tertiary/aromatic N) is 4. The molecular formula is C42H54ClN9O5. The predicted molar refractivity (Wildman–Crippen MR) is 221 cm³/mol. The minimum atomic E-state index is -0.866. The van der Waals surface area contributed by atoms with Crippen LogP contribution in [0.2, 0.25) is 5.02 Å². The Hall–Kier alpha value is -5.34. The number of ether oxygens (including phenoxy) is 1. The van der Waals surface area contributed by atoms with Gasteiger partial charge < -0.3 is 30.9 Å². The normalized spacial score (nSPS) is 16.1. The number of halogens is 1. The Bertz CT molecular complexity index is 1940. The standard InChI is InChI=1S/C42H54ClN9O5/c1-6-52(7-2)23-22-44-38(53)32-18-21-34(35(43)25-32)29-12-8-27(9-13-29)24-36(40(55)46-33-19-16-30(17-20-33)37-48-50-51-49-37)47-39(54)31-14-10-28(11-15-31)26-45-41(56)57-42(3,4)5/h8-9,12-13,16-21,25,28,31,36H,6-7,10-11,14-15,22-24,26H2,1-5H3,(H,44,53)(H,45,56)(H,46,55)(H,47,54)(H,48,49,50,51)/t28?,31?,36-/m0/s1. The molecule has 1 saturated carbocycles. The zero-order chi connectivity index (χ0) is 41.0. The summed E-state index contributed by atoms with van der Waals surface area (Å²) in [6.07, 6.45) is 2.62. The van der Waals surface area contributed by atoms with Gasteiger partial charge in [-0.2, -0.15) is 5.21 Å². The van der Waals surface area contributed by atoms with Crippen LogP contribution in [0.1, 0.15) is 76.2 Å². The van der Waals surface area contributed by atoms with Gasteiger partial charge in [-0.05, 0) is 118 Å². The van der Waals surface area contributed by atoms with Gasteiger partial charge >= 0.3 is 6.09 Å². The Morgan fingerprint density at radius 1 is 0.912 bits per heavy atom. The van der Waals surface area contributed by atoms with Crippen LogP contribution in [0, 0.1) is 11.8 Å². The van der Waals surface area contributed by atoms with Crippen LogP contribution < -0.4 is 21.3 Å². The summed E-state index contributed by atoms with van der Waals surface area (Å²) in [6, 6.07) is 19.1. The highest BCUT2D eigenvalue weighted by Crippen LogP contribution is 2.31. The second kappa shape index (κ2) is 20.2. The molecule has 1 aromatic heterocycles. The molecule has 1 aliphatic rings. The lowest BCUT2D eigenvalue weighted by molar-refractivity contribution is -0.130. The van der Waals surface area contributed by atoms with E-state index < -0.39 is 17.7 Å². The molecule has 0 radical (unpaired) electrons. The van der Waals surface area contributed by atoms with E-state index in [1.807, 2.05) is 51.1 Å². The van der Waals surface area contributed by atoms with E-state index >= 15 is 0 Å². The molecule has 1 heterocycles. The first kappa shape index (κ1) is 42.8. The van der Waals surface area contributed by atoms with Gasteiger partial charge in [0, 0.05) is 59.4 Å². The summed E-state index contributed by atoms with van der Waals surface area (Å²) in [5.74, 6) is -0.307. The van der Waals surface area contributed by atoms with Crippen molar-refractivity contribution in [2.24, 2.45) is 11.8 Å². The number of carbonyl (C=O) groups is 4. The maximum atomic E-state index is 13.8. The minimum Gasteiger partial charge on any atom is -0.444 e. The van der Waals surface area contributed by atoms with Gasteiger partial charge in [0.1, 0.15) is 11.6 Å². The zero-order valence-electron chi connectivity index (χ0n) is 33.4. The fourth-order valence-corrected chi connectivity index (χ4v) is 7.09. The van der Waals surface area contributed by atoms with E-state index in [2.05, 4.69) is 60.6 Å². The molecule has 15 heteroatoms. The van der Waals surface area contributed by atoms with Gasteiger partial charge in [-0.25, -0.2) is 4.79 Å². The van der Waals surface area contributed by atoms with Gasteiger partial charge in [-0.1, -0.05) is 55.8 Å². The third-order valence-electron chi connectivity index (χ3n) is 10.1. The molecule has 1 aliphatic carbocycles.